The van der Waals surface area contributed by atoms with Gasteiger partial charge in [0.1, 0.15) is 12.6 Å². The van der Waals surface area contributed by atoms with Crippen LogP contribution in [-0.4, -0.2) is 36.9 Å². The number of amides is 2. The van der Waals surface area contributed by atoms with Gasteiger partial charge in [-0.2, -0.15) is 18.3 Å². The lowest BCUT2D eigenvalue weighted by molar-refractivity contribution is -0.181. The maximum absolute atomic E-state index is 13.5. The minimum absolute atomic E-state index is 0.0692. The zero-order chi connectivity index (χ0) is 33.1. The molecule has 4 fully saturated rings. The monoisotopic (exact) mass is 645 g/mol. The molecule has 4 bridgehead atoms. The first kappa shape index (κ1) is 30.9. The Labute approximate surface area is 268 Å². The predicted octanol–water partition coefficient (Wildman–Crippen LogP) is 5.39. The standard InChI is InChI=1S/C35H34F3N5O4/c36-35(37,38)24-8-4-9-25(13-24)40-29(44)19-42-27(10-5-11-30(42)45)28-14-26(23-6-2-1-3-7-23)41-43(28)31(32(39)46)33-15-21-12-22(16-33)18-34(47,17-21)20-33/h1-11,13-14,21-22,31,47H,12,15-20H2,(H2,39,46)(H,40,44)/t21-,22+,31?,33?,34?. The predicted molar refractivity (Wildman–Crippen MR) is 168 cm³/mol. The Balaban J connectivity index is 1.32. The summed E-state index contributed by atoms with van der Waals surface area (Å²) in [7, 11) is 0. The van der Waals surface area contributed by atoms with Crippen LogP contribution in [0.5, 0.6) is 0 Å². The Morgan fingerprint density at radius 1 is 0.957 bits per heavy atom. The molecule has 4 N–H and O–H groups in total. The van der Waals surface area contributed by atoms with Crippen molar-refractivity contribution in [2.75, 3.05) is 5.32 Å². The molecule has 4 aromatic rings. The number of nitrogens with zero attached hydrogens (tertiary/aromatic N) is 3. The third-order valence-electron chi connectivity index (χ3n) is 10.1. The van der Waals surface area contributed by atoms with Crippen LogP contribution in [0.1, 0.15) is 50.1 Å². The highest BCUT2D eigenvalue weighted by Crippen LogP contribution is 2.65. The second kappa shape index (κ2) is 11.2. The number of carbonyl (C=O) groups excluding carboxylic acids is 2. The zero-order valence-corrected chi connectivity index (χ0v) is 25.4. The van der Waals surface area contributed by atoms with Gasteiger partial charge in [0, 0.05) is 22.7 Å². The SMILES string of the molecule is NC(=O)C(n1nc(-c2ccccc2)cc1-c1cccc(=O)n1CC(=O)Nc1cccc(C(F)(F)F)c1)C12C[C@@H]3C[C@@H](CC(O)(C3)C1)C2. The van der Waals surface area contributed by atoms with Gasteiger partial charge in [-0.05, 0) is 80.7 Å². The van der Waals surface area contributed by atoms with E-state index in [1.54, 1.807) is 16.8 Å². The molecule has 12 heteroatoms. The first-order chi connectivity index (χ1) is 22.3. The molecule has 2 aromatic heterocycles. The highest BCUT2D eigenvalue weighted by atomic mass is 19.4. The van der Waals surface area contributed by atoms with Gasteiger partial charge in [0.15, 0.2) is 0 Å². The summed E-state index contributed by atoms with van der Waals surface area (Å²) >= 11 is 0. The Bertz CT molecular complexity index is 1900. The molecular formula is C35H34F3N5O4. The van der Waals surface area contributed by atoms with E-state index in [2.05, 4.69) is 5.32 Å². The van der Waals surface area contributed by atoms with Gasteiger partial charge in [-0.1, -0.05) is 42.5 Å². The van der Waals surface area contributed by atoms with Crippen LogP contribution < -0.4 is 16.6 Å². The summed E-state index contributed by atoms with van der Waals surface area (Å²) in [5.74, 6) is -0.815. The van der Waals surface area contributed by atoms with Crippen molar-refractivity contribution in [1.29, 1.82) is 0 Å². The Morgan fingerprint density at radius 3 is 2.32 bits per heavy atom. The summed E-state index contributed by atoms with van der Waals surface area (Å²) in [4.78, 5) is 40.1. The minimum Gasteiger partial charge on any atom is -0.390 e. The van der Waals surface area contributed by atoms with Crippen molar-refractivity contribution in [3.8, 4) is 22.6 Å². The van der Waals surface area contributed by atoms with Gasteiger partial charge in [-0.15, -0.1) is 0 Å². The molecule has 4 aliphatic rings. The summed E-state index contributed by atoms with van der Waals surface area (Å²) in [6.07, 6.45) is -0.394. The Morgan fingerprint density at radius 2 is 1.66 bits per heavy atom. The van der Waals surface area contributed by atoms with Gasteiger partial charge in [0.2, 0.25) is 11.8 Å². The summed E-state index contributed by atoms with van der Waals surface area (Å²) in [5, 5.41) is 18.9. The lowest BCUT2D eigenvalue weighted by Crippen LogP contribution is -2.59. The van der Waals surface area contributed by atoms with Crippen LogP contribution in [0.3, 0.4) is 0 Å². The maximum Gasteiger partial charge on any atom is 0.416 e. The summed E-state index contributed by atoms with van der Waals surface area (Å²) in [6.45, 7) is -0.520. The molecule has 0 spiro atoms. The zero-order valence-electron chi connectivity index (χ0n) is 25.4. The highest BCUT2D eigenvalue weighted by Gasteiger charge is 2.61. The van der Waals surface area contributed by atoms with Crippen LogP contribution in [0, 0.1) is 17.3 Å². The number of nitrogens with two attached hydrogens (primary N) is 1. The number of alkyl halides is 3. The van der Waals surface area contributed by atoms with Crippen LogP contribution in [0.15, 0.2) is 83.7 Å². The van der Waals surface area contributed by atoms with Crippen LogP contribution in [-0.2, 0) is 22.3 Å². The van der Waals surface area contributed by atoms with Crippen molar-refractivity contribution in [3.63, 3.8) is 0 Å². The van der Waals surface area contributed by atoms with E-state index in [4.69, 9.17) is 10.8 Å². The van der Waals surface area contributed by atoms with Gasteiger partial charge in [0.25, 0.3) is 5.56 Å². The van der Waals surface area contributed by atoms with Crippen molar-refractivity contribution in [3.05, 3.63) is 94.8 Å². The molecule has 4 aliphatic carbocycles. The molecule has 0 radical (unpaired) electrons. The molecule has 47 heavy (non-hydrogen) atoms. The van der Waals surface area contributed by atoms with Crippen LogP contribution in [0.25, 0.3) is 22.6 Å². The molecule has 8 rings (SSSR count). The molecule has 3 unspecified atom stereocenters. The van der Waals surface area contributed by atoms with Crippen LogP contribution in [0.2, 0.25) is 0 Å². The van der Waals surface area contributed by atoms with E-state index >= 15 is 0 Å². The third-order valence-corrected chi connectivity index (χ3v) is 10.1. The number of carbonyl (C=O) groups is 2. The van der Waals surface area contributed by atoms with E-state index < -0.39 is 52.7 Å². The molecule has 2 aromatic carbocycles. The fourth-order valence-corrected chi connectivity index (χ4v) is 8.84. The van der Waals surface area contributed by atoms with E-state index in [1.807, 2.05) is 30.3 Å². The van der Waals surface area contributed by atoms with Crippen molar-refractivity contribution in [2.45, 2.75) is 62.9 Å². The molecule has 2 heterocycles. The topological polar surface area (TPSA) is 132 Å². The second-order valence-corrected chi connectivity index (χ2v) is 13.5. The molecule has 0 aliphatic heterocycles. The van der Waals surface area contributed by atoms with Gasteiger partial charge in [-0.3, -0.25) is 19.0 Å². The second-order valence-electron chi connectivity index (χ2n) is 13.5. The average Bonchev–Trinajstić information content (AvgIpc) is 3.41. The van der Waals surface area contributed by atoms with Crippen molar-refractivity contribution in [2.24, 2.45) is 23.0 Å². The number of benzene rings is 2. The molecule has 0 saturated heterocycles. The quantitative estimate of drug-likeness (QED) is 0.236. The van der Waals surface area contributed by atoms with Crippen LogP contribution >= 0.6 is 0 Å². The third kappa shape index (κ3) is 5.75. The molecular weight excluding hydrogens is 611 g/mol. The number of pyridine rings is 1. The number of rotatable bonds is 8. The average molecular weight is 646 g/mol. The number of aromatic nitrogens is 3. The van der Waals surface area contributed by atoms with E-state index in [-0.39, 0.29) is 23.2 Å². The maximum atomic E-state index is 13.5. The number of nitrogens with one attached hydrogen (secondary N) is 1. The lowest BCUT2D eigenvalue weighted by Gasteiger charge is -2.61. The first-order valence-electron chi connectivity index (χ1n) is 15.7. The van der Waals surface area contributed by atoms with E-state index in [9.17, 15) is 32.7 Å². The number of hydrogen-bond donors (Lipinski definition) is 3. The van der Waals surface area contributed by atoms with Gasteiger partial charge in [-0.25, -0.2) is 4.68 Å². The largest absolute Gasteiger partial charge is 0.416 e. The van der Waals surface area contributed by atoms with Crippen molar-refractivity contribution < 1.29 is 27.9 Å². The van der Waals surface area contributed by atoms with Crippen molar-refractivity contribution in [1.82, 2.24) is 14.3 Å². The molecule has 5 atom stereocenters. The number of halogens is 3. The highest BCUT2D eigenvalue weighted by molar-refractivity contribution is 5.91. The molecule has 4 saturated carbocycles. The summed E-state index contributed by atoms with van der Waals surface area (Å²) in [5.41, 5.74) is 5.08. The van der Waals surface area contributed by atoms with Gasteiger partial charge >= 0.3 is 6.18 Å². The van der Waals surface area contributed by atoms with E-state index in [0.29, 0.717) is 43.5 Å². The number of aliphatic hydroxyl groups is 1. The lowest BCUT2D eigenvalue weighted by atomic mass is 9.46. The molecule has 9 nitrogen and oxygen atoms in total. The number of primary amides is 1. The summed E-state index contributed by atoms with van der Waals surface area (Å²) in [6, 6.07) is 18.8. The fraction of sp³-hybridized carbons (Fsp3) is 0.371. The molecule has 2 amide bonds. The summed E-state index contributed by atoms with van der Waals surface area (Å²) < 4.78 is 42.6. The van der Waals surface area contributed by atoms with E-state index in [0.717, 1.165) is 24.1 Å². The van der Waals surface area contributed by atoms with Crippen LogP contribution in [0.4, 0.5) is 18.9 Å². The smallest absolute Gasteiger partial charge is 0.390 e. The van der Waals surface area contributed by atoms with E-state index in [1.165, 1.54) is 28.8 Å². The fourth-order valence-electron chi connectivity index (χ4n) is 8.84. The number of hydrogen-bond acceptors (Lipinski definition) is 5. The molecule has 244 valence electrons. The normalized spacial score (nSPS) is 25.4. The minimum atomic E-state index is -4.59. The number of anilines is 1. The van der Waals surface area contributed by atoms with Crippen molar-refractivity contribution >= 4 is 17.5 Å². The first-order valence-corrected chi connectivity index (χ1v) is 15.7. The Kier molecular flexibility index (Phi) is 7.38. The van der Waals surface area contributed by atoms with Gasteiger partial charge in [0.05, 0.1) is 28.2 Å². The Hall–Kier alpha value is -4.71. The van der Waals surface area contributed by atoms with Gasteiger partial charge < -0.3 is 16.2 Å².